The van der Waals surface area contributed by atoms with E-state index in [1.165, 1.54) is 11.8 Å². The van der Waals surface area contributed by atoms with Crippen molar-refractivity contribution in [3.05, 3.63) is 59.0 Å². The minimum atomic E-state index is -0.387. The highest BCUT2D eigenvalue weighted by molar-refractivity contribution is 9.09. The van der Waals surface area contributed by atoms with Crippen LogP contribution in [0.4, 0.5) is 5.69 Å². The number of nitrogens with zero attached hydrogens (tertiary/aromatic N) is 2. The van der Waals surface area contributed by atoms with Crippen LogP contribution in [-0.4, -0.2) is 29.1 Å². The molecule has 2 aromatic heterocycles. The number of nitriles is 1. The van der Waals surface area contributed by atoms with E-state index in [1.807, 2.05) is 13.0 Å². The Labute approximate surface area is 187 Å². The number of hydrogen-bond acceptors (Lipinski definition) is 6. The van der Waals surface area contributed by atoms with E-state index in [0.717, 1.165) is 11.1 Å². The Morgan fingerprint density at radius 3 is 2.70 bits per heavy atom. The summed E-state index contributed by atoms with van der Waals surface area (Å²) in [7, 11) is 1.54. The number of carbonyl (C=O) groups is 1. The first-order valence-electron chi connectivity index (χ1n) is 9.14. The lowest BCUT2D eigenvalue weighted by molar-refractivity contribution is 0.102. The Morgan fingerprint density at radius 2 is 2.07 bits per heavy atom. The monoisotopic (exact) mass is 485 g/mol. The number of alkyl halides is 1. The van der Waals surface area contributed by atoms with Gasteiger partial charge in [0.1, 0.15) is 28.4 Å². The Balaban J connectivity index is 2.17. The molecule has 6 nitrogen and oxygen atoms in total. The van der Waals surface area contributed by atoms with E-state index >= 15 is 0 Å². The minimum Gasteiger partial charge on any atom is -0.495 e. The zero-order valence-corrected chi connectivity index (χ0v) is 19.2. The van der Waals surface area contributed by atoms with Gasteiger partial charge in [-0.15, -0.1) is 11.8 Å². The fourth-order valence-electron chi connectivity index (χ4n) is 3.05. The summed E-state index contributed by atoms with van der Waals surface area (Å²) < 4.78 is 11.1. The number of anilines is 1. The third kappa shape index (κ3) is 4.53. The van der Waals surface area contributed by atoms with Crippen LogP contribution in [0.15, 0.2) is 45.8 Å². The lowest BCUT2D eigenvalue weighted by Crippen LogP contribution is -2.17. The number of aromatic nitrogens is 1. The molecule has 3 rings (SSSR count). The predicted octanol–water partition coefficient (Wildman–Crippen LogP) is 5.58. The molecule has 2 heterocycles. The van der Waals surface area contributed by atoms with Crippen LogP contribution in [0.2, 0.25) is 0 Å². The molecular formula is C22H20BrN3O3S. The molecule has 0 saturated heterocycles. The minimum absolute atomic E-state index is 0.301. The molecule has 0 fully saturated rings. The van der Waals surface area contributed by atoms with Crippen LogP contribution in [0.5, 0.6) is 5.75 Å². The van der Waals surface area contributed by atoms with E-state index in [1.54, 1.807) is 44.4 Å². The maximum atomic E-state index is 13.3. The summed E-state index contributed by atoms with van der Waals surface area (Å²) in [6, 6.07) is 12.9. The molecule has 0 spiro atoms. The summed E-state index contributed by atoms with van der Waals surface area (Å²) in [5.74, 6) is 2.04. The molecule has 8 heteroatoms. The number of ether oxygens (including phenoxy) is 1. The maximum Gasteiger partial charge on any atom is 0.258 e. The summed E-state index contributed by atoms with van der Waals surface area (Å²) >= 11 is 4.86. The lowest BCUT2D eigenvalue weighted by Gasteiger charge is -2.16. The third-order valence-corrected chi connectivity index (χ3v) is 6.24. The number of methoxy groups -OCH3 is 1. The van der Waals surface area contributed by atoms with Crippen molar-refractivity contribution in [2.75, 3.05) is 23.5 Å². The molecule has 0 saturated carbocycles. The number of carbonyl (C=O) groups excluding carboxylic acids is 1. The summed E-state index contributed by atoms with van der Waals surface area (Å²) in [6.45, 7) is 3.58. The molecule has 0 unspecified atom stereocenters. The average molecular weight is 486 g/mol. The third-order valence-electron chi connectivity index (χ3n) is 4.34. The normalized spacial score (nSPS) is 10.5. The molecule has 154 valence electrons. The van der Waals surface area contributed by atoms with Gasteiger partial charge in [0.2, 0.25) is 0 Å². The molecule has 1 aromatic carbocycles. The molecule has 0 aliphatic rings. The predicted molar refractivity (Wildman–Crippen MR) is 122 cm³/mol. The number of rotatable bonds is 7. The van der Waals surface area contributed by atoms with Crippen molar-refractivity contribution < 1.29 is 13.9 Å². The Morgan fingerprint density at radius 1 is 1.30 bits per heavy atom. The topological polar surface area (TPSA) is 88.1 Å². The standard InChI is InChI=1S/C22H20BrN3O3S/c1-13-8-9-18(29-13)20-15(12-24)22(30-11-10-23)25-14(2)19(20)21(27)26-16-6-4-5-7-17(16)28-3/h4-9H,10-11H2,1-3H3,(H,26,27). The van der Waals surface area contributed by atoms with Crippen LogP contribution in [-0.2, 0) is 0 Å². The molecule has 0 aliphatic heterocycles. The summed E-state index contributed by atoms with van der Waals surface area (Å²) in [6.07, 6.45) is 0. The fraction of sp³-hybridized carbons (Fsp3) is 0.227. The van der Waals surface area contributed by atoms with Crippen LogP contribution < -0.4 is 10.1 Å². The molecule has 0 atom stereocenters. The van der Waals surface area contributed by atoms with Crippen molar-refractivity contribution in [2.45, 2.75) is 18.9 Å². The lowest BCUT2D eigenvalue weighted by atomic mass is 9.99. The molecule has 30 heavy (non-hydrogen) atoms. The van der Waals surface area contributed by atoms with Crippen LogP contribution in [0.25, 0.3) is 11.3 Å². The number of furan rings is 1. The number of benzene rings is 1. The molecule has 0 bridgehead atoms. The number of para-hydroxylation sites is 2. The van der Waals surface area contributed by atoms with Gasteiger partial charge in [-0.25, -0.2) is 4.98 Å². The number of aryl methyl sites for hydroxylation is 2. The zero-order chi connectivity index (χ0) is 21.7. The Bertz CT molecular complexity index is 1120. The van der Waals surface area contributed by atoms with Gasteiger partial charge in [0, 0.05) is 11.1 Å². The Hall–Kier alpha value is -2.76. The van der Waals surface area contributed by atoms with Gasteiger partial charge in [0.05, 0.1) is 35.2 Å². The van der Waals surface area contributed by atoms with Crippen LogP contribution >= 0.6 is 27.7 Å². The number of nitrogens with one attached hydrogen (secondary N) is 1. The second kappa shape index (κ2) is 9.83. The zero-order valence-electron chi connectivity index (χ0n) is 16.8. The SMILES string of the molecule is COc1ccccc1NC(=O)c1c(C)nc(SCCBr)c(C#N)c1-c1ccc(C)o1. The second-order valence-corrected chi connectivity index (χ2v) is 8.22. The molecular weight excluding hydrogens is 466 g/mol. The molecule has 0 aliphatic carbocycles. The number of halogens is 1. The van der Waals surface area contributed by atoms with Gasteiger partial charge in [-0.1, -0.05) is 28.1 Å². The first-order chi connectivity index (χ1) is 14.5. The van der Waals surface area contributed by atoms with Gasteiger partial charge in [0.25, 0.3) is 5.91 Å². The van der Waals surface area contributed by atoms with E-state index in [9.17, 15) is 10.1 Å². The van der Waals surface area contributed by atoms with Crippen molar-refractivity contribution in [1.82, 2.24) is 4.98 Å². The van der Waals surface area contributed by atoms with Gasteiger partial charge in [-0.05, 0) is 38.1 Å². The molecule has 0 radical (unpaired) electrons. The van der Waals surface area contributed by atoms with Gasteiger partial charge < -0.3 is 14.5 Å². The van der Waals surface area contributed by atoms with Crippen LogP contribution in [0.3, 0.4) is 0 Å². The summed E-state index contributed by atoms with van der Waals surface area (Å²) in [4.78, 5) is 17.9. The first-order valence-corrected chi connectivity index (χ1v) is 11.3. The number of amides is 1. The van der Waals surface area contributed by atoms with Crippen LogP contribution in [0.1, 0.15) is 27.4 Å². The van der Waals surface area contributed by atoms with E-state index in [-0.39, 0.29) is 5.91 Å². The van der Waals surface area contributed by atoms with Crippen molar-refractivity contribution in [3.63, 3.8) is 0 Å². The van der Waals surface area contributed by atoms with E-state index in [0.29, 0.717) is 50.4 Å². The van der Waals surface area contributed by atoms with Gasteiger partial charge in [-0.2, -0.15) is 5.26 Å². The maximum absolute atomic E-state index is 13.3. The van der Waals surface area contributed by atoms with Crippen molar-refractivity contribution in [3.8, 4) is 23.1 Å². The molecule has 1 N–H and O–H groups in total. The fourth-order valence-corrected chi connectivity index (χ4v) is 4.30. The number of hydrogen-bond donors (Lipinski definition) is 1. The van der Waals surface area contributed by atoms with Crippen molar-refractivity contribution in [2.24, 2.45) is 0 Å². The van der Waals surface area contributed by atoms with Crippen molar-refractivity contribution >= 4 is 39.3 Å². The quantitative estimate of drug-likeness (QED) is 0.347. The first kappa shape index (κ1) is 21.9. The van der Waals surface area contributed by atoms with Gasteiger partial charge in [0.15, 0.2) is 0 Å². The second-order valence-electron chi connectivity index (χ2n) is 6.34. The Kier molecular flexibility index (Phi) is 7.19. The van der Waals surface area contributed by atoms with Gasteiger partial charge >= 0.3 is 0 Å². The highest BCUT2D eigenvalue weighted by Crippen LogP contribution is 2.36. The van der Waals surface area contributed by atoms with Gasteiger partial charge in [-0.3, -0.25) is 4.79 Å². The average Bonchev–Trinajstić information content (AvgIpc) is 3.17. The highest BCUT2D eigenvalue weighted by Gasteiger charge is 2.26. The van der Waals surface area contributed by atoms with E-state index in [4.69, 9.17) is 9.15 Å². The van der Waals surface area contributed by atoms with E-state index < -0.39 is 0 Å². The van der Waals surface area contributed by atoms with Crippen LogP contribution in [0, 0.1) is 25.2 Å². The summed E-state index contributed by atoms with van der Waals surface area (Å²) in [5, 5.41) is 14.1. The number of thioether (sulfide) groups is 1. The molecule has 1 amide bonds. The smallest absolute Gasteiger partial charge is 0.258 e. The summed E-state index contributed by atoms with van der Waals surface area (Å²) in [5.41, 5.74) is 2.12. The molecule has 3 aromatic rings. The highest BCUT2D eigenvalue weighted by atomic mass is 79.9. The van der Waals surface area contributed by atoms with E-state index in [2.05, 4.69) is 32.3 Å². The largest absolute Gasteiger partial charge is 0.495 e. The van der Waals surface area contributed by atoms with Crippen molar-refractivity contribution in [1.29, 1.82) is 5.26 Å². The number of pyridine rings is 1.